The van der Waals surface area contributed by atoms with Crippen molar-refractivity contribution in [2.24, 2.45) is 0 Å². The summed E-state index contributed by atoms with van der Waals surface area (Å²) in [5.74, 6) is -0.0101. The highest BCUT2D eigenvalue weighted by Crippen LogP contribution is 2.25. The number of benzene rings is 1. The van der Waals surface area contributed by atoms with Crippen molar-refractivity contribution >= 4 is 11.6 Å². The van der Waals surface area contributed by atoms with E-state index in [0.29, 0.717) is 5.76 Å². The van der Waals surface area contributed by atoms with Crippen LogP contribution in [0.25, 0.3) is 11.3 Å². The Morgan fingerprint density at radius 3 is 3.00 bits per heavy atom. The molecule has 3 rings (SSSR count). The number of carbonyl (C=O) groups excluding carboxylic acids is 1. The first-order valence-electron chi connectivity index (χ1n) is 6.62. The van der Waals surface area contributed by atoms with E-state index in [9.17, 15) is 9.18 Å². The summed E-state index contributed by atoms with van der Waals surface area (Å²) in [5.41, 5.74) is 0.906. The van der Waals surface area contributed by atoms with Crippen LogP contribution < -0.4 is 10.6 Å². The number of furan rings is 1. The molecule has 0 unspecified atom stereocenters. The highest BCUT2D eigenvalue weighted by Gasteiger charge is 2.22. The molecule has 0 radical (unpaired) electrons. The van der Waals surface area contributed by atoms with Crippen LogP contribution in [0.5, 0.6) is 0 Å². The molecule has 20 heavy (non-hydrogen) atoms. The fourth-order valence-corrected chi connectivity index (χ4v) is 2.35. The van der Waals surface area contributed by atoms with Gasteiger partial charge in [0.05, 0.1) is 18.0 Å². The summed E-state index contributed by atoms with van der Waals surface area (Å²) in [4.78, 5) is 12.0. The van der Waals surface area contributed by atoms with Gasteiger partial charge in [-0.1, -0.05) is 0 Å². The number of nitrogens with one attached hydrogen (secondary N) is 2. The topological polar surface area (TPSA) is 54.3 Å². The van der Waals surface area contributed by atoms with Gasteiger partial charge in [-0.3, -0.25) is 4.79 Å². The van der Waals surface area contributed by atoms with E-state index in [1.807, 2.05) is 0 Å². The number of halogens is 1. The maximum atomic E-state index is 13.8. The molecule has 4 nitrogen and oxygen atoms in total. The molecule has 0 saturated carbocycles. The van der Waals surface area contributed by atoms with E-state index in [-0.39, 0.29) is 17.6 Å². The summed E-state index contributed by atoms with van der Waals surface area (Å²) in [6.07, 6.45) is 3.30. The zero-order valence-corrected chi connectivity index (χ0v) is 10.9. The molecule has 2 aromatic rings. The van der Waals surface area contributed by atoms with Gasteiger partial charge in [-0.05, 0) is 49.7 Å². The third-order valence-corrected chi connectivity index (χ3v) is 3.41. The third-order valence-electron chi connectivity index (χ3n) is 3.41. The van der Waals surface area contributed by atoms with Gasteiger partial charge < -0.3 is 15.1 Å². The van der Waals surface area contributed by atoms with E-state index in [1.165, 1.54) is 6.07 Å². The molecule has 104 valence electrons. The van der Waals surface area contributed by atoms with E-state index >= 15 is 0 Å². The van der Waals surface area contributed by atoms with Gasteiger partial charge >= 0.3 is 0 Å². The molecule has 1 aromatic heterocycles. The Balaban J connectivity index is 1.81. The van der Waals surface area contributed by atoms with Crippen LogP contribution in [0.3, 0.4) is 0 Å². The predicted octanol–water partition coefficient (Wildman–Crippen LogP) is 2.78. The molecule has 0 spiro atoms. The summed E-state index contributed by atoms with van der Waals surface area (Å²) >= 11 is 0. The normalized spacial score (nSPS) is 18.1. The number of hydrogen-bond donors (Lipinski definition) is 2. The standard InChI is InChI=1S/C15H15FN2O2/c16-11-6-5-10(14-4-2-8-20-14)9-13(11)18-15(19)12-3-1-7-17-12/h2,4-6,8-9,12,17H,1,3,7H2,(H,18,19)/t12-/m0/s1. The Kier molecular flexibility index (Phi) is 3.52. The second-order valence-corrected chi connectivity index (χ2v) is 4.81. The fourth-order valence-electron chi connectivity index (χ4n) is 2.35. The van der Waals surface area contributed by atoms with Crippen LogP contribution in [0.2, 0.25) is 0 Å². The molecule has 1 amide bonds. The van der Waals surface area contributed by atoms with Crippen molar-refractivity contribution in [3.8, 4) is 11.3 Å². The van der Waals surface area contributed by atoms with E-state index in [1.54, 1.807) is 30.5 Å². The van der Waals surface area contributed by atoms with Gasteiger partial charge in [-0.15, -0.1) is 0 Å². The van der Waals surface area contributed by atoms with Crippen LogP contribution in [-0.2, 0) is 4.79 Å². The minimum absolute atomic E-state index is 0.178. The summed E-state index contributed by atoms with van der Waals surface area (Å²) in [5, 5.41) is 5.72. The van der Waals surface area contributed by atoms with Gasteiger partial charge in [0.2, 0.25) is 5.91 Å². The lowest BCUT2D eigenvalue weighted by Crippen LogP contribution is -2.35. The number of amides is 1. The van der Waals surface area contributed by atoms with Gasteiger partial charge in [-0.25, -0.2) is 4.39 Å². The predicted molar refractivity (Wildman–Crippen MR) is 73.8 cm³/mol. The highest BCUT2D eigenvalue weighted by atomic mass is 19.1. The first-order valence-corrected chi connectivity index (χ1v) is 6.62. The molecule has 1 saturated heterocycles. The molecule has 1 fully saturated rings. The smallest absolute Gasteiger partial charge is 0.241 e. The van der Waals surface area contributed by atoms with Crippen LogP contribution in [0.1, 0.15) is 12.8 Å². The summed E-state index contributed by atoms with van der Waals surface area (Å²) in [6, 6.07) is 7.85. The maximum Gasteiger partial charge on any atom is 0.241 e. The molecule has 1 atom stereocenters. The summed E-state index contributed by atoms with van der Waals surface area (Å²) < 4.78 is 19.1. The van der Waals surface area contributed by atoms with Crippen LogP contribution in [-0.4, -0.2) is 18.5 Å². The van der Waals surface area contributed by atoms with Crippen molar-refractivity contribution in [1.29, 1.82) is 0 Å². The van der Waals surface area contributed by atoms with Crippen LogP contribution >= 0.6 is 0 Å². The zero-order valence-electron chi connectivity index (χ0n) is 10.9. The van der Waals surface area contributed by atoms with Crippen molar-refractivity contribution in [3.63, 3.8) is 0 Å². The summed E-state index contributed by atoms with van der Waals surface area (Å²) in [6.45, 7) is 0.826. The summed E-state index contributed by atoms with van der Waals surface area (Å²) in [7, 11) is 0. The Morgan fingerprint density at radius 2 is 2.30 bits per heavy atom. The maximum absolute atomic E-state index is 13.8. The highest BCUT2D eigenvalue weighted by molar-refractivity contribution is 5.95. The average Bonchev–Trinajstić information content (AvgIpc) is 3.14. The average molecular weight is 274 g/mol. The Bertz CT molecular complexity index is 604. The Morgan fingerprint density at radius 1 is 1.40 bits per heavy atom. The van der Waals surface area contributed by atoms with Crippen molar-refractivity contribution in [2.45, 2.75) is 18.9 Å². The molecular formula is C15H15FN2O2. The van der Waals surface area contributed by atoms with Gasteiger partial charge in [0, 0.05) is 5.56 Å². The van der Waals surface area contributed by atoms with Crippen molar-refractivity contribution in [2.75, 3.05) is 11.9 Å². The van der Waals surface area contributed by atoms with Crippen LogP contribution in [0.15, 0.2) is 41.0 Å². The first-order chi connectivity index (χ1) is 9.74. The SMILES string of the molecule is O=C(Nc1cc(-c2ccco2)ccc1F)[C@@H]1CCCN1. The van der Waals surface area contributed by atoms with Crippen molar-refractivity contribution in [1.82, 2.24) is 5.32 Å². The quantitative estimate of drug-likeness (QED) is 0.905. The second-order valence-electron chi connectivity index (χ2n) is 4.81. The first kappa shape index (κ1) is 12.9. The molecule has 0 aliphatic carbocycles. The van der Waals surface area contributed by atoms with E-state index in [2.05, 4.69) is 10.6 Å². The molecular weight excluding hydrogens is 259 g/mol. The Hall–Kier alpha value is -2.14. The van der Waals surface area contributed by atoms with Gasteiger partial charge in [0.1, 0.15) is 11.6 Å². The van der Waals surface area contributed by atoms with E-state index < -0.39 is 5.82 Å². The minimum Gasteiger partial charge on any atom is -0.464 e. The molecule has 5 heteroatoms. The van der Waals surface area contributed by atoms with E-state index in [0.717, 1.165) is 24.9 Å². The largest absolute Gasteiger partial charge is 0.464 e. The second kappa shape index (κ2) is 5.46. The lowest BCUT2D eigenvalue weighted by Gasteiger charge is -2.12. The number of rotatable bonds is 3. The van der Waals surface area contributed by atoms with Crippen molar-refractivity contribution in [3.05, 3.63) is 42.4 Å². The van der Waals surface area contributed by atoms with Crippen LogP contribution in [0.4, 0.5) is 10.1 Å². The minimum atomic E-state index is -0.452. The lowest BCUT2D eigenvalue weighted by atomic mass is 10.1. The fraction of sp³-hybridized carbons (Fsp3) is 0.267. The van der Waals surface area contributed by atoms with Crippen molar-refractivity contribution < 1.29 is 13.6 Å². The van der Waals surface area contributed by atoms with Gasteiger partial charge in [0.25, 0.3) is 0 Å². The molecule has 2 N–H and O–H groups in total. The number of hydrogen-bond acceptors (Lipinski definition) is 3. The molecule has 1 aliphatic rings. The van der Waals surface area contributed by atoms with Gasteiger partial charge in [0.15, 0.2) is 0 Å². The molecule has 1 aliphatic heterocycles. The molecule has 1 aromatic carbocycles. The monoisotopic (exact) mass is 274 g/mol. The molecule has 0 bridgehead atoms. The lowest BCUT2D eigenvalue weighted by molar-refractivity contribution is -0.117. The molecule has 2 heterocycles. The third kappa shape index (κ3) is 2.58. The number of anilines is 1. The zero-order chi connectivity index (χ0) is 13.9. The van der Waals surface area contributed by atoms with E-state index in [4.69, 9.17) is 4.42 Å². The Labute approximate surface area is 116 Å². The number of carbonyl (C=O) groups is 1. The van der Waals surface area contributed by atoms with Gasteiger partial charge in [-0.2, -0.15) is 0 Å². The van der Waals surface area contributed by atoms with Crippen LogP contribution in [0, 0.1) is 5.82 Å².